The van der Waals surface area contributed by atoms with E-state index in [0.717, 1.165) is 32.1 Å². The SMILES string of the molecule is C=C(CCCNC(=O)C12CC3CC(CC(O)(C3)C1)C2)C(=O)O. The number of carbonyl (C=O) groups is 2. The van der Waals surface area contributed by atoms with Crippen molar-refractivity contribution in [2.45, 2.75) is 57.0 Å². The summed E-state index contributed by atoms with van der Waals surface area (Å²) in [6, 6.07) is 0. The van der Waals surface area contributed by atoms with Crippen LogP contribution in [-0.2, 0) is 9.59 Å². The zero-order valence-corrected chi connectivity index (χ0v) is 12.9. The zero-order chi connectivity index (χ0) is 16.0. The number of nitrogens with one attached hydrogen (secondary N) is 1. The van der Waals surface area contributed by atoms with Gasteiger partial charge in [-0.15, -0.1) is 0 Å². The molecule has 4 aliphatic carbocycles. The normalized spacial score (nSPS) is 38.8. The van der Waals surface area contributed by atoms with Gasteiger partial charge in [-0.3, -0.25) is 4.79 Å². The van der Waals surface area contributed by atoms with Crippen LogP contribution >= 0.6 is 0 Å². The summed E-state index contributed by atoms with van der Waals surface area (Å²) in [7, 11) is 0. The number of aliphatic hydroxyl groups is 1. The highest BCUT2D eigenvalue weighted by Crippen LogP contribution is 2.61. The molecular formula is C17H25NO4. The first-order valence-corrected chi connectivity index (χ1v) is 8.24. The molecule has 0 aromatic carbocycles. The molecule has 2 atom stereocenters. The number of hydrogen-bond donors (Lipinski definition) is 3. The third kappa shape index (κ3) is 2.78. The number of carboxylic acid groups (broad SMARTS) is 1. The van der Waals surface area contributed by atoms with Crippen LogP contribution in [-0.4, -0.2) is 34.2 Å². The fraction of sp³-hybridized carbons (Fsp3) is 0.765. The van der Waals surface area contributed by atoms with Crippen LogP contribution in [0.3, 0.4) is 0 Å². The molecule has 3 N–H and O–H groups in total. The van der Waals surface area contributed by atoms with E-state index in [-0.39, 0.29) is 16.9 Å². The van der Waals surface area contributed by atoms with Crippen molar-refractivity contribution in [1.29, 1.82) is 0 Å². The van der Waals surface area contributed by atoms with Gasteiger partial charge in [0.05, 0.1) is 11.0 Å². The number of rotatable bonds is 6. The largest absolute Gasteiger partial charge is 0.478 e. The fourth-order valence-corrected chi connectivity index (χ4v) is 5.28. The molecule has 4 aliphatic rings. The topological polar surface area (TPSA) is 86.6 Å². The predicted octanol–water partition coefficient (Wildman–Crippen LogP) is 1.85. The van der Waals surface area contributed by atoms with E-state index in [1.165, 1.54) is 0 Å². The first-order chi connectivity index (χ1) is 10.3. The lowest BCUT2D eigenvalue weighted by atomic mass is 9.47. The molecule has 4 bridgehead atoms. The molecule has 4 rings (SSSR count). The van der Waals surface area contributed by atoms with Gasteiger partial charge in [-0.05, 0) is 63.2 Å². The van der Waals surface area contributed by atoms with Gasteiger partial charge < -0.3 is 15.5 Å². The van der Waals surface area contributed by atoms with Crippen LogP contribution in [0.25, 0.3) is 0 Å². The summed E-state index contributed by atoms with van der Waals surface area (Å²) in [4.78, 5) is 23.3. The van der Waals surface area contributed by atoms with Crippen LogP contribution in [0.2, 0.25) is 0 Å². The van der Waals surface area contributed by atoms with Crippen LogP contribution in [0.4, 0.5) is 0 Å². The molecule has 5 nitrogen and oxygen atoms in total. The molecule has 4 saturated carbocycles. The van der Waals surface area contributed by atoms with E-state index in [0.29, 0.717) is 37.6 Å². The molecule has 0 aliphatic heterocycles. The number of carboxylic acids is 1. The maximum absolute atomic E-state index is 12.7. The van der Waals surface area contributed by atoms with E-state index in [9.17, 15) is 14.7 Å². The minimum Gasteiger partial charge on any atom is -0.478 e. The van der Waals surface area contributed by atoms with Crippen molar-refractivity contribution < 1.29 is 19.8 Å². The Morgan fingerprint density at radius 1 is 1.18 bits per heavy atom. The molecule has 5 heteroatoms. The van der Waals surface area contributed by atoms with Crippen molar-refractivity contribution in [3.05, 3.63) is 12.2 Å². The summed E-state index contributed by atoms with van der Waals surface area (Å²) in [5, 5.41) is 22.4. The fourth-order valence-electron chi connectivity index (χ4n) is 5.28. The highest BCUT2D eigenvalue weighted by molar-refractivity contribution is 5.85. The number of amides is 1. The van der Waals surface area contributed by atoms with E-state index in [1.54, 1.807) is 0 Å². The summed E-state index contributed by atoms with van der Waals surface area (Å²) in [6.45, 7) is 3.96. The van der Waals surface area contributed by atoms with Crippen LogP contribution < -0.4 is 5.32 Å². The van der Waals surface area contributed by atoms with Crippen LogP contribution in [0.15, 0.2) is 12.2 Å². The summed E-state index contributed by atoms with van der Waals surface area (Å²) in [6.07, 6.45) is 6.26. The van der Waals surface area contributed by atoms with Crippen molar-refractivity contribution in [3.63, 3.8) is 0 Å². The first kappa shape index (κ1) is 15.5. The molecule has 122 valence electrons. The second-order valence-corrected chi connectivity index (χ2v) is 7.73. The van der Waals surface area contributed by atoms with Gasteiger partial charge in [0.25, 0.3) is 0 Å². The Bertz CT molecular complexity index is 499. The third-order valence-corrected chi connectivity index (χ3v) is 5.76. The molecule has 0 saturated heterocycles. The van der Waals surface area contributed by atoms with Gasteiger partial charge in [-0.25, -0.2) is 4.79 Å². The van der Waals surface area contributed by atoms with E-state index < -0.39 is 11.6 Å². The highest BCUT2D eigenvalue weighted by atomic mass is 16.4. The van der Waals surface area contributed by atoms with Gasteiger partial charge in [0.2, 0.25) is 5.91 Å². The Morgan fingerprint density at radius 2 is 1.82 bits per heavy atom. The van der Waals surface area contributed by atoms with Gasteiger partial charge in [-0.1, -0.05) is 6.58 Å². The van der Waals surface area contributed by atoms with Gasteiger partial charge >= 0.3 is 5.97 Å². The Morgan fingerprint density at radius 3 is 2.36 bits per heavy atom. The lowest BCUT2D eigenvalue weighted by molar-refractivity contribution is -0.178. The smallest absolute Gasteiger partial charge is 0.330 e. The summed E-state index contributed by atoms with van der Waals surface area (Å²) >= 11 is 0. The first-order valence-electron chi connectivity index (χ1n) is 8.24. The molecular weight excluding hydrogens is 282 g/mol. The average Bonchev–Trinajstić information content (AvgIpc) is 2.40. The zero-order valence-electron chi connectivity index (χ0n) is 12.9. The number of hydrogen-bond acceptors (Lipinski definition) is 3. The number of carbonyl (C=O) groups excluding carboxylic acids is 1. The summed E-state index contributed by atoms with van der Waals surface area (Å²) < 4.78 is 0. The highest BCUT2D eigenvalue weighted by Gasteiger charge is 2.59. The molecule has 0 heterocycles. The van der Waals surface area contributed by atoms with Crippen molar-refractivity contribution in [1.82, 2.24) is 5.32 Å². The minimum absolute atomic E-state index is 0.0564. The second-order valence-electron chi connectivity index (χ2n) is 7.73. The maximum Gasteiger partial charge on any atom is 0.330 e. The van der Waals surface area contributed by atoms with Crippen LogP contribution in [0.5, 0.6) is 0 Å². The Hall–Kier alpha value is -1.36. The van der Waals surface area contributed by atoms with Gasteiger partial charge in [0.1, 0.15) is 0 Å². The molecule has 0 aromatic heterocycles. The van der Waals surface area contributed by atoms with E-state index in [1.807, 2.05) is 0 Å². The Kier molecular flexibility index (Phi) is 3.79. The van der Waals surface area contributed by atoms with E-state index >= 15 is 0 Å². The summed E-state index contributed by atoms with van der Waals surface area (Å²) in [5.41, 5.74) is -0.833. The van der Waals surface area contributed by atoms with Gasteiger partial charge in [0.15, 0.2) is 0 Å². The predicted molar refractivity (Wildman–Crippen MR) is 81.1 cm³/mol. The van der Waals surface area contributed by atoms with Crippen LogP contribution in [0.1, 0.15) is 51.4 Å². The molecule has 2 unspecified atom stereocenters. The lowest BCUT2D eigenvalue weighted by Crippen LogP contribution is -2.60. The molecule has 22 heavy (non-hydrogen) atoms. The van der Waals surface area contributed by atoms with Gasteiger partial charge in [-0.2, -0.15) is 0 Å². The molecule has 0 aromatic rings. The Labute approximate surface area is 130 Å². The monoisotopic (exact) mass is 307 g/mol. The van der Waals surface area contributed by atoms with Crippen LogP contribution in [0, 0.1) is 17.3 Å². The van der Waals surface area contributed by atoms with Gasteiger partial charge in [0, 0.05) is 12.1 Å². The molecule has 0 radical (unpaired) electrons. The minimum atomic E-state index is -0.977. The van der Waals surface area contributed by atoms with Crippen molar-refractivity contribution in [2.24, 2.45) is 17.3 Å². The van der Waals surface area contributed by atoms with Crippen molar-refractivity contribution >= 4 is 11.9 Å². The maximum atomic E-state index is 12.7. The molecule has 4 fully saturated rings. The molecule has 0 spiro atoms. The van der Waals surface area contributed by atoms with Crippen molar-refractivity contribution in [2.75, 3.05) is 6.54 Å². The third-order valence-electron chi connectivity index (χ3n) is 5.76. The lowest BCUT2D eigenvalue weighted by Gasteiger charge is -2.59. The summed E-state index contributed by atoms with van der Waals surface area (Å²) in [5.74, 6) is 0.0585. The average molecular weight is 307 g/mol. The van der Waals surface area contributed by atoms with Crippen molar-refractivity contribution in [3.8, 4) is 0 Å². The van der Waals surface area contributed by atoms with E-state index in [4.69, 9.17) is 5.11 Å². The Balaban J connectivity index is 1.54. The standard InChI is InChI=1S/C17H25NO4/c1-11(14(19)20)3-2-4-18-15(21)16-6-12-5-13(7-16)9-17(22,8-12)10-16/h12-13,22H,1-10H2,(H,18,21)(H,19,20). The second kappa shape index (κ2) is 5.37. The number of aliphatic carboxylic acids is 1. The molecule has 1 amide bonds. The quantitative estimate of drug-likeness (QED) is 0.516. The van der Waals surface area contributed by atoms with E-state index in [2.05, 4.69) is 11.9 Å².